The van der Waals surface area contributed by atoms with Gasteiger partial charge in [0.2, 0.25) is 0 Å². The van der Waals surface area contributed by atoms with Gasteiger partial charge in [-0.15, -0.1) is 0 Å². The third kappa shape index (κ3) is 1.77. The second-order valence-electron chi connectivity index (χ2n) is 8.29. The molecular formula is C28H16O2. The lowest BCUT2D eigenvalue weighted by molar-refractivity contribution is -0.129. The van der Waals surface area contributed by atoms with Gasteiger partial charge in [-0.1, -0.05) is 61.2 Å². The molecule has 0 N–H and O–H groups in total. The van der Waals surface area contributed by atoms with Crippen molar-refractivity contribution >= 4 is 70.6 Å². The minimum Gasteiger partial charge on any atom is -0.423 e. The molecule has 0 aliphatic rings. The third-order valence-corrected chi connectivity index (χ3v) is 6.52. The first-order valence-corrected chi connectivity index (χ1v) is 10.1. The van der Waals surface area contributed by atoms with E-state index in [9.17, 15) is 4.79 Å². The molecule has 30 heavy (non-hydrogen) atoms. The van der Waals surface area contributed by atoms with E-state index in [1.165, 1.54) is 53.9 Å². The molecule has 0 spiro atoms. The van der Waals surface area contributed by atoms with E-state index >= 15 is 0 Å². The molecule has 140 valence electrons. The predicted octanol–water partition coefficient (Wildman–Crippen LogP) is 7.40. The maximum atomic E-state index is 12.4. The number of benzene rings is 7. The molecule has 0 unspecified atom stereocenters. The zero-order valence-corrected chi connectivity index (χ0v) is 16.4. The Labute approximate surface area is 172 Å². The maximum Gasteiger partial charge on any atom is 0.338 e. The first kappa shape index (κ1) is 15.9. The van der Waals surface area contributed by atoms with Crippen molar-refractivity contribution in [1.29, 1.82) is 0 Å². The van der Waals surface area contributed by atoms with Crippen LogP contribution in [0.3, 0.4) is 0 Å². The van der Waals surface area contributed by atoms with Crippen LogP contribution >= 0.6 is 0 Å². The molecule has 7 aromatic carbocycles. The summed E-state index contributed by atoms with van der Waals surface area (Å²) in [6.07, 6.45) is 0. The van der Waals surface area contributed by atoms with Gasteiger partial charge in [0.1, 0.15) is 5.75 Å². The minimum absolute atomic E-state index is 0.393. The second kappa shape index (κ2) is 5.17. The zero-order valence-electron chi connectivity index (χ0n) is 16.4. The molecule has 0 saturated carbocycles. The molecule has 0 aromatic heterocycles. The molecule has 0 saturated heterocycles. The molecule has 0 atom stereocenters. The number of carbonyl (C=O) groups excluding carboxylic acids is 1. The van der Waals surface area contributed by atoms with Crippen molar-refractivity contribution in [3.8, 4) is 5.75 Å². The maximum absolute atomic E-state index is 12.4. The summed E-state index contributed by atoms with van der Waals surface area (Å²) < 4.78 is 5.79. The van der Waals surface area contributed by atoms with Gasteiger partial charge >= 0.3 is 5.97 Å². The van der Waals surface area contributed by atoms with Crippen LogP contribution in [0.25, 0.3) is 64.6 Å². The van der Waals surface area contributed by atoms with Crippen molar-refractivity contribution in [3.63, 3.8) is 0 Å². The van der Waals surface area contributed by atoms with E-state index in [4.69, 9.17) is 4.74 Å². The largest absolute Gasteiger partial charge is 0.423 e. The molecule has 7 aromatic rings. The Morgan fingerprint density at radius 3 is 1.53 bits per heavy atom. The fourth-order valence-electron chi connectivity index (χ4n) is 5.23. The van der Waals surface area contributed by atoms with Crippen molar-refractivity contribution in [2.24, 2.45) is 0 Å². The highest BCUT2D eigenvalue weighted by Crippen LogP contribution is 2.50. The summed E-state index contributed by atoms with van der Waals surface area (Å²) in [6, 6.07) is 23.8. The molecule has 0 fully saturated rings. The SMILES string of the molecule is C=C(C)C(=O)Oc1cc2ccc3ccc4ccc5ccc6ccc1c1c6c5c4c3c21. The molecule has 0 radical (unpaired) electrons. The Morgan fingerprint density at radius 1 is 0.633 bits per heavy atom. The summed E-state index contributed by atoms with van der Waals surface area (Å²) in [5, 5.41) is 14.6. The summed E-state index contributed by atoms with van der Waals surface area (Å²) in [6.45, 7) is 5.41. The molecule has 2 heteroatoms. The van der Waals surface area contributed by atoms with E-state index in [1.54, 1.807) is 6.92 Å². The Morgan fingerprint density at radius 2 is 1.03 bits per heavy atom. The number of ether oxygens (including phenoxy) is 1. The van der Waals surface area contributed by atoms with Crippen molar-refractivity contribution in [3.05, 3.63) is 78.9 Å². The van der Waals surface area contributed by atoms with Gasteiger partial charge in [0.15, 0.2) is 0 Å². The average Bonchev–Trinajstić information content (AvgIpc) is 2.77. The third-order valence-electron chi connectivity index (χ3n) is 6.52. The summed E-state index contributed by atoms with van der Waals surface area (Å²) in [4.78, 5) is 12.4. The zero-order chi connectivity index (χ0) is 20.1. The summed E-state index contributed by atoms with van der Waals surface area (Å²) in [5.41, 5.74) is 0.393. The van der Waals surface area contributed by atoms with Crippen LogP contribution in [0.5, 0.6) is 5.75 Å². The van der Waals surface area contributed by atoms with Gasteiger partial charge in [-0.3, -0.25) is 0 Å². The minimum atomic E-state index is -0.394. The van der Waals surface area contributed by atoms with E-state index in [1.807, 2.05) is 6.07 Å². The van der Waals surface area contributed by atoms with Gasteiger partial charge in [0.05, 0.1) is 0 Å². The summed E-state index contributed by atoms with van der Waals surface area (Å²) >= 11 is 0. The monoisotopic (exact) mass is 384 g/mol. The van der Waals surface area contributed by atoms with Gasteiger partial charge in [0.25, 0.3) is 0 Å². The number of rotatable bonds is 2. The fraction of sp³-hybridized carbons (Fsp3) is 0.0357. The number of carbonyl (C=O) groups is 1. The Balaban J connectivity index is 1.83. The Hall–Kier alpha value is -3.91. The molecule has 7 rings (SSSR count). The van der Waals surface area contributed by atoms with Crippen LogP contribution in [0, 0.1) is 0 Å². The summed E-state index contributed by atoms with van der Waals surface area (Å²) in [7, 11) is 0. The van der Waals surface area contributed by atoms with E-state index in [2.05, 4.69) is 67.2 Å². The van der Waals surface area contributed by atoms with Gasteiger partial charge in [-0.05, 0) is 72.9 Å². The lowest BCUT2D eigenvalue weighted by Gasteiger charge is -2.21. The van der Waals surface area contributed by atoms with Crippen LogP contribution in [0.4, 0.5) is 0 Å². The lowest BCUT2D eigenvalue weighted by Crippen LogP contribution is -2.08. The smallest absolute Gasteiger partial charge is 0.338 e. The fourth-order valence-corrected chi connectivity index (χ4v) is 5.23. The molecule has 0 aliphatic heterocycles. The topological polar surface area (TPSA) is 26.3 Å². The van der Waals surface area contributed by atoms with Crippen LogP contribution in [0.1, 0.15) is 6.92 Å². The van der Waals surface area contributed by atoms with Crippen LogP contribution in [-0.4, -0.2) is 5.97 Å². The van der Waals surface area contributed by atoms with E-state index in [-0.39, 0.29) is 0 Å². The Kier molecular flexibility index (Phi) is 2.75. The standard InChI is InChI=1S/C28H16O2/c1-14(2)28(29)30-21-13-19-10-9-17-6-4-15-3-5-16-7-8-18-11-12-20(21)27-25(18)23(16)22(15)24(17)26(19)27/h3-13H,1H2,2H3. The highest BCUT2D eigenvalue weighted by molar-refractivity contribution is 6.45. The first-order valence-electron chi connectivity index (χ1n) is 10.1. The molecular weight excluding hydrogens is 368 g/mol. The number of hydrogen-bond donors (Lipinski definition) is 0. The highest BCUT2D eigenvalue weighted by Gasteiger charge is 2.22. The second-order valence-corrected chi connectivity index (χ2v) is 8.29. The van der Waals surface area contributed by atoms with Crippen LogP contribution < -0.4 is 4.74 Å². The number of esters is 1. The molecule has 0 heterocycles. The molecule has 0 bridgehead atoms. The van der Waals surface area contributed by atoms with Gasteiger partial charge < -0.3 is 4.74 Å². The normalized spacial score (nSPS) is 12.4. The highest BCUT2D eigenvalue weighted by atomic mass is 16.5. The predicted molar refractivity (Wildman–Crippen MR) is 125 cm³/mol. The Bertz CT molecular complexity index is 1750. The van der Waals surface area contributed by atoms with E-state index < -0.39 is 5.97 Å². The van der Waals surface area contributed by atoms with Crippen molar-refractivity contribution in [2.45, 2.75) is 6.92 Å². The van der Waals surface area contributed by atoms with E-state index in [0.717, 1.165) is 10.8 Å². The van der Waals surface area contributed by atoms with Crippen LogP contribution in [0.15, 0.2) is 78.9 Å². The van der Waals surface area contributed by atoms with Gasteiger partial charge in [-0.25, -0.2) is 4.79 Å². The van der Waals surface area contributed by atoms with Gasteiger partial charge in [0, 0.05) is 16.3 Å². The average molecular weight is 384 g/mol. The molecule has 0 amide bonds. The quantitative estimate of drug-likeness (QED) is 0.102. The van der Waals surface area contributed by atoms with Crippen molar-refractivity contribution in [1.82, 2.24) is 0 Å². The summed E-state index contributed by atoms with van der Waals surface area (Å²) in [5.74, 6) is 0.199. The first-order chi connectivity index (χ1) is 14.6. The van der Waals surface area contributed by atoms with Gasteiger partial charge in [-0.2, -0.15) is 0 Å². The van der Waals surface area contributed by atoms with Crippen molar-refractivity contribution < 1.29 is 9.53 Å². The lowest BCUT2D eigenvalue weighted by atomic mass is 9.83. The van der Waals surface area contributed by atoms with Crippen molar-refractivity contribution in [2.75, 3.05) is 0 Å². The van der Waals surface area contributed by atoms with Crippen LogP contribution in [-0.2, 0) is 4.79 Å². The van der Waals surface area contributed by atoms with E-state index in [0.29, 0.717) is 11.3 Å². The number of hydrogen-bond acceptors (Lipinski definition) is 2. The molecule has 2 nitrogen and oxygen atoms in total. The van der Waals surface area contributed by atoms with Crippen LogP contribution in [0.2, 0.25) is 0 Å². The molecule has 0 aliphatic carbocycles.